The zero-order valence-electron chi connectivity index (χ0n) is 19.2. The van der Waals surface area contributed by atoms with Gasteiger partial charge in [-0.25, -0.2) is 0 Å². The molecule has 2 unspecified atom stereocenters. The molecular formula is C29H33NO3. The predicted octanol–water partition coefficient (Wildman–Crippen LogP) is 5.96. The minimum Gasteiger partial charge on any atom is -0.508 e. The molecule has 0 aliphatic carbocycles. The summed E-state index contributed by atoms with van der Waals surface area (Å²) in [6.07, 6.45) is 4.98. The van der Waals surface area contributed by atoms with Crippen molar-refractivity contribution in [1.29, 1.82) is 0 Å². The van der Waals surface area contributed by atoms with Crippen molar-refractivity contribution < 1.29 is 14.6 Å². The van der Waals surface area contributed by atoms with Crippen molar-refractivity contribution in [1.82, 2.24) is 4.90 Å². The van der Waals surface area contributed by atoms with Gasteiger partial charge < -0.3 is 19.5 Å². The molecule has 33 heavy (non-hydrogen) atoms. The smallest absolute Gasteiger partial charge is 0.123 e. The lowest BCUT2D eigenvalue weighted by atomic mass is 9.76. The first kappa shape index (κ1) is 21.8. The highest BCUT2D eigenvalue weighted by Crippen LogP contribution is 2.47. The molecule has 4 nitrogen and oxygen atoms in total. The minimum absolute atomic E-state index is 0.109. The van der Waals surface area contributed by atoms with Gasteiger partial charge in [0.05, 0.1) is 13.2 Å². The molecule has 3 aromatic carbocycles. The third-order valence-corrected chi connectivity index (χ3v) is 6.95. The number of benzene rings is 3. The van der Waals surface area contributed by atoms with Crippen molar-refractivity contribution >= 4 is 0 Å². The first-order chi connectivity index (χ1) is 16.3. The van der Waals surface area contributed by atoms with Crippen LogP contribution >= 0.6 is 0 Å². The molecule has 5 rings (SSSR count). The normalized spacial score (nSPS) is 20.2. The van der Waals surface area contributed by atoms with Gasteiger partial charge in [-0.3, -0.25) is 0 Å². The maximum atomic E-state index is 10.2. The van der Waals surface area contributed by atoms with Crippen LogP contribution in [0, 0.1) is 0 Å². The summed E-state index contributed by atoms with van der Waals surface area (Å²) >= 11 is 0. The molecule has 3 aromatic rings. The molecule has 0 amide bonds. The lowest BCUT2D eigenvalue weighted by molar-refractivity contribution is 0.248. The number of aromatic hydroxyl groups is 1. The summed E-state index contributed by atoms with van der Waals surface area (Å²) in [5.74, 6) is 2.32. The van der Waals surface area contributed by atoms with Gasteiger partial charge in [-0.15, -0.1) is 0 Å². The number of hydrogen-bond donors (Lipinski definition) is 1. The number of unbranched alkanes of at least 4 members (excludes halogenated alkanes) is 1. The zero-order chi connectivity index (χ0) is 22.5. The highest BCUT2D eigenvalue weighted by atomic mass is 16.5. The van der Waals surface area contributed by atoms with Crippen molar-refractivity contribution in [2.45, 2.75) is 37.5 Å². The summed E-state index contributed by atoms with van der Waals surface area (Å²) in [5, 5.41) is 10.2. The molecule has 0 spiro atoms. The molecule has 4 heteroatoms. The summed E-state index contributed by atoms with van der Waals surface area (Å²) in [5.41, 5.74) is 3.49. The Morgan fingerprint density at radius 2 is 1.67 bits per heavy atom. The van der Waals surface area contributed by atoms with E-state index in [-0.39, 0.29) is 17.6 Å². The van der Waals surface area contributed by atoms with E-state index in [9.17, 15) is 5.11 Å². The second-order valence-corrected chi connectivity index (χ2v) is 9.20. The van der Waals surface area contributed by atoms with Gasteiger partial charge in [-0.1, -0.05) is 42.5 Å². The van der Waals surface area contributed by atoms with Crippen LogP contribution < -0.4 is 9.47 Å². The largest absolute Gasteiger partial charge is 0.508 e. The number of likely N-dealkylation sites (tertiary alicyclic amines) is 1. The molecule has 0 saturated carbocycles. The molecule has 2 heterocycles. The van der Waals surface area contributed by atoms with E-state index in [1.54, 1.807) is 6.07 Å². The van der Waals surface area contributed by atoms with Crippen molar-refractivity contribution in [3.63, 3.8) is 0 Å². The van der Waals surface area contributed by atoms with E-state index in [1.165, 1.54) is 50.0 Å². The molecule has 0 bridgehead atoms. The van der Waals surface area contributed by atoms with Crippen molar-refractivity contribution in [2.75, 3.05) is 32.8 Å². The number of rotatable bonds is 8. The Morgan fingerprint density at radius 1 is 0.879 bits per heavy atom. The summed E-state index contributed by atoms with van der Waals surface area (Å²) in [6, 6.07) is 24.4. The van der Waals surface area contributed by atoms with Gasteiger partial charge in [0.25, 0.3) is 0 Å². The molecule has 0 radical (unpaired) electrons. The van der Waals surface area contributed by atoms with Gasteiger partial charge in [0.1, 0.15) is 17.2 Å². The van der Waals surface area contributed by atoms with Crippen LogP contribution in [0.2, 0.25) is 0 Å². The number of phenols is 1. The number of nitrogens with zero attached hydrogens (tertiary/aromatic N) is 1. The second-order valence-electron chi connectivity index (χ2n) is 9.20. The van der Waals surface area contributed by atoms with Gasteiger partial charge in [-0.2, -0.15) is 0 Å². The van der Waals surface area contributed by atoms with Crippen LogP contribution in [0.4, 0.5) is 0 Å². The second kappa shape index (κ2) is 10.3. The Kier molecular flexibility index (Phi) is 6.82. The maximum Gasteiger partial charge on any atom is 0.123 e. The Hall–Kier alpha value is -2.98. The molecule has 1 saturated heterocycles. The fraction of sp³-hybridized carbons (Fsp3) is 0.379. The Bertz CT molecular complexity index is 1030. The van der Waals surface area contributed by atoms with Gasteiger partial charge >= 0.3 is 0 Å². The SMILES string of the molecule is Oc1ccc2c(c1)C(c1ccc(OCCCCN3CCCC3)cc1)C(c1ccccc1)CO2. The number of fused-ring (bicyclic) bond motifs is 1. The molecule has 1 N–H and O–H groups in total. The van der Waals surface area contributed by atoms with Crippen LogP contribution in [-0.2, 0) is 0 Å². The van der Waals surface area contributed by atoms with E-state index in [2.05, 4.69) is 53.4 Å². The predicted molar refractivity (Wildman–Crippen MR) is 131 cm³/mol. The van der Waals surface area contributed by atoms with Gasteiger partial charge in [0.2, 0.25) is 0 Å². The van der Waals surface area contributed by atoms with E-state index in [1.807, 2.05) is 18.2 Å². The van der Waals surface area contributed by atoms with Gasteiger partial charge in [0.15, 0.2) is 0 Å². The molecule has 1 fully saturated rings. The Morgan fingerprint density at radius 3 is 2.45 bits per heavy atom. The van der Waals surface area contributed by atoms with Crippen LogP contribution in [0.25, 0.3) is 0 Å². The van der Waals surface area contributed by atoms with E-state index in [0.29, 0.717) is 6.61 Å². The summed E-state index contributed by atoms with van der Waals surface area (Å²) < 4.78 is 12.1. The molecule has 2 aliphatic heterocycles. The van der Waals surface area contributed by atoms with E-state index < -0.39 is 0 Å². The number of ether oxygens (including phenoxy) is 2. The van der Waals surface area contributed by atoms with Gasteiger partial charge in [-0.05, 0) is 86.8 Å². The fourth-order valence-electron chi connectivity index (χ4n) is 5.21. The molecule has 172 valence electrons. The summed E-state index contributed by atoms with van der Waals surface area (Å²) in [6.45, 7) is 5.09. The Labute approximate surface area is 196 Å². The zero-order valence-corrected chi connectivity index (χ0v) is 19.2. The lowest BCUT2D eigenvalue weighted by Crippen LogP contribution is -2.25. The highest BCUT2D eigenvalue weighted by Gasteiger charge is 2.33. The summed E-state index contributed by atoms with van der Waals surface area (Å²) in [7, 11) is 0. The van der Waals surface area contributed by atoms with Gasteiger partial charge in [0, 0.05) is 17.4 Å². The van der Waals surface area contributed by atoms with E-state index in [0.717, 1.165) is 30.1 Å². The quantitative estimate of drug-likeness (QED) is 0.437. The summed E-state index contributed by atoms with van der Waals surface area (Å²) in [4.78, 5) is 2.56. The number of hydrogen-bond acceptors (Lipinski definition) is 4. The first-order valence-corrected chi connectivity index (χ1v) is 12.2. The van der Waals surface area contributed by atoms with Crippen LogP contribution in [0.5, 0.6) is 17.2 Å². The maximum absolute atomic E-state index is 10.2. The van der Waals surface area contributed by atoms with Crippen LogP contribution in [0.1, 0.15) is 54.2 Å². The van der Waals surface area contributed by atoms with Crippen LogP contribution in [0.15, 0.2) is 72.8 Å². The Balaban J connectivity index is 1.29. The van der Waals surface area contributed by atoms with Crippen LogP contribution in [-0.4, -0.2) is 42.9 Å². The van der Waals surface area contributed by atoms with Crippen molar-refractivity contribution in [2.24, 2.45) is 0 Å². The monoisotopic (exact) mass is 443 g/mol. The third-order valence-electron chi connectivity index (χ3n) is 6.95. The number of phenolic OH excluding ortho intramolecular Hbond substituents is 1. The van der Waals surface area contributed by atoms with E-state index >= 15 is 0 Å². The molecule has 2 atom stereocenters. The van der Waals surface area contributed by atoms with Crippen LogP contribution in [0.3, 0.4) is 0 Å². The first-order valence-electron chi connectivity index (χ1n) is 12.2. The lowest BCUT2D eigenvalue weighted by Gasteiger charge is -2.34. The third kappa shape index (κ3) is 5.17. The molecule has 2 aliphatic rings. The van der Waals surface area contributed by atoms with Crippen molar-refractivity contribution in [3.05, 3.63) is 89.5 Å². The van der Waals surface area contributed by atoms with Crippen molar-refractivity contribution in [3.8, 4) is 17.2 Å². The topological polar surface area (TPSA) is 41.9 Å². The van der Waals surface area contributed by atoms with E-state index in [4.69, 9.17) is 9.47 Å². The fourth-order valence-corrected chi connectivity index (χ4v) is 5.21. The average molecular weight is 444 g/mol. The standard InChI is InChI=1S/C29H33NO3/c31-24-12-15-28-26(20-24)29(27(21-33-28)22-8-2-1-3-9-22)23-10-13-25(14-11-23)32-19-7-6-18-30-16-4-5-17-30/h1-3,8-15,20,27,29,31H,4-7,16-19,21H2. The molecular weight excluding hydrogens is 410 g/mol. The highest BCUT2D eigenvalue weighted by molar-refractivity contribution is 5.51. The average Bonchev–Trinajstić information content (AvgIpc) is 3.38. The minimum atomic E-state index is 0.109. The molecule has 0 aromatic heterocycles.